The Balaban J connectivity index is 1.43. The van der Waals surface area contributed by atoms with E-state index in [0.29, 0.717) is 62.8 Å². The van der Waals surface area contributed by atoms with Gasteiger partial charge in [0.05, 0.1) is 37.1 Å². The second-order valence-electron chi connectivity index (χ2n) is 20.8. The van der Waals surface area contributed by atoms with Crippen LogP contribution in [0.5, 0.6) is 0 Å². The molecule has 14 atom stereocenters. The number of rotatable bonds is 11. The molecule has 386 valence electrons. The number of aliphatic hydroxyl groups excluding tert-OH is 1. The Kier molecular flexibility index (Phi) is 20.7. The van der Waals surface area contributed by atoms with Crippen LogP contribution in [0, 0.1) is 35.5 Å². The Morgan fingerprint density at radius 3 is 2.30 bits per heavy atom. The minimum absolute atomic E-state index is 0.0120. The molecule has 1 saturated carbocycles. The van der Waals surface area contributed by atoms with Crippen molar-refractivity contribution in [1.29, 1.82) is 0 Å². The molecule has 4 aliphatic rings. The molecule has 2 saturated heterocycles. The van der Waals surface area contributed by atoms with E-state index in [1.54, 1.807) is 21.0 Å². The molecule has 1 aromatic carbocycles. The number of nitrogens with zero attached hydrogens (tertiary/aromatic N) is 1. The first kappa shape index (κ1) is 56.1. The number of fused-ring (bicyclic) bond motifs is 3. The fourth-order valence-electron chi connectivity index (χ4n) is 10.8. The lowest BCUT2D eigenvalue weighted by atomic mass is 9.81. The molecule has 0 spiro atoms. The molecule has 14 unspecified atom stereocenters. The van der Waals surface area contributed by atoms with Gasteiger partial charge in [-0.25, -0.2) is 4.79 Å². The topological polar surface area (TPSA) is 196 Å². The summed E-state index contributed by atoms with van der Waals surface area (Å²) in [4.78, 5) is 70.8. The molecule has 3 aliphatic heterocycles. The number of anilines is 1. The van der Waals surface area contributed by atoms with Crippen molar-refractivity contribution in [3.05, 3.63) is 53.1 Å². The van der Waals surface area contributed by atoms with Gasteiger partial charge in [0.1, 0.15) is 24.0 Å². The van der Waals surface area contributed by atoms with E-state index in [-0.39, 0.29) is 67.5 Å². The van der Waals surface area contributed by atoms with Gasteiger partial charge in [0.25, 0.3) is 11.7 Å². The van der Waals surface area contributed by atoms with Crippen molar-refractivity contribution in [3.63, 3.8) is 0 Å². The average molecular weight is 967 g/mol. The third kappa shape index (κ3) is 14.2. The third-order valence-electron chi connectivity index (χ3n) is 15.1. The van der Waals surface area contributed by atoms with Crippen molar-refractivity contribution >= 4 is 35.0 Å². The van der Waals surface area contributed by atoms with Gasteiger partial charge in [-0.3, -0.25) is 19.2 Å². The number of aliphatic hydroxyl groups is 2. The molecule has 2 bridgehead atoms. The van der Waals surface area contributed by atoms with Gasteiger partial charge >= 0.3 is 5.97 Å². The number of ether oxygens (including phenoxy) is 6. The van der Waals surface area contributed by atoms with Crippen molar-refractivity contribution in [3.8, 4) is 0 Å². The summed E-state index contributed by atoms with van der Waals surface area (Å²) in [5, 5.41) is 27.0. The van der Waals surface area contributed by atoms with Crippen molar-refractivity contribution in [2.75, 3.05) is 33.2 Å². The van der Waals surface area contributed by atoms with Crippen molar-refractivity contribution in [2.45, 2.75) is 187 Å². The number of cyclic esters (lactones) is 1. The lowest BCUT2D eigenvalue weighted by Gasteiger charge is -2.47. The van der Waals surface area contributed by atoms with Crippen LogP contribution in [0.3, 0.4) is 0 Å². The molecule has 3 heterocycles. The highest BCUT2D eigenvalue weighted by molar-refractivity contribution is 6.39. The zero-order chi connectivity index (χ0) is 50.7. The van der Waals surface area contributed by atoms with Gasteiger partial charge in [-0.1, -0.05) is 71.4 Å². The van der Waals surface area contributed by atoms with Crippen molar-refractivity contribution in [1.82, 2.24) is 4.90 Å². The summed E-state index contributed by atoms with van der Waals surface area (Å²) in [6.07, 6.45) is 4.31. The molecule has 0 radical (unpaired) electrons. The Morgan fingerprint density at radius 2 is 1.64 bits per heavy atom. The van der Waals surface area contributed by atoms with E-state index in [9.17, 15) is 34.2 Å². The maximum Gasteiger partial charge on any atom is 0.329 e. The van der Waals surface area contributed by atoms with Crippen LogP contribution in [-0.4, -0.2) is 127 Å². The standard InChI is InChI=1S/C54H82N2O13/c1-12-39-23-32(4)22-33(5)24-46(65-10)49-47(66-11)26-35(7)54(63,69-49)50(59)52(61)56-21-14-13-18-41(56)53(62)68-48(36(8)42(57)29-43(39)58)34(6)25-37-19-20-44(45(28-37)64-9)67-30-38-16-15-17-40(27-38)55-51(60)31(2)3/h15-17,23,25,27,31,33,35-37,39,41-42,44-49,57,63H,12-14,18-22,24,26,28-30H2,1-11H3,(H,55,60). The zero-order valence-corrected chi connectivity index (χ0v) is 43.1. The van der Waals surface area contributed by atoms with E-state index in [2.05, 4.69) is 18.3 Å². The third-order valence-corrected chi connectivity index (χ3v) is 15.1. The van der Waals surface area contributed by atoms with Gasteiger partial charge in [-0.05, 0) is 113 Å². The second-order valence-corrected chi connectivity index (χ2v) is 20.8. The number of allylic oxidation sites excluding steroid dienone is 3. The molecule has 1 aliphatic carbocycles. The predicted octanol–water partition coefficient (Wildman–Crippen LogP) is 7.29. The summed E-state index contributed by atoms with van der Waals surface area (Å²) in [5.74, 6) is -7.84. The summed E-state index contributed by atoms with van der Waals surface area (Å²) in [6.45, 7) is 15.3. The first-order valence-corrected chi connectivity index (χ1v) is 25.4. The van der Waals surface area contributed by atoms with Gasteiger partial charge in [0, 0.05) is 63.7 Å². The lowest BCUT2D eigenvalue weighted by Crippen LogP contribution is -2.64. The summed E-state index contributed by atoms with van der Waals surface area (Å²) in [7, 11) is 4.72. The number of amides is 2. The molecular formula is C54H82N2O13. The summed E-state index contributed by atoms with van der Waals surface area (Å²) in [6, 6.07) is 6.44. The number of Topliss-reactive ketones (excluding diaryl/α,β-unsaturated/α-hetero) is 2. The largest absolute Gasteiger partial charge is 0.456 e. The van der Waals surface area contributed by atoms with Gasteiger partial charge in [-0.2, -0.15) is 0 Å². The number of hydrogen-bond donors (Lipinski definition) is 3. The fraction of sp³-hybridized carbons (Fsp3) is 0.722. The number of carbonyl (C=O) groups excluding carboxylic acids is 5. The van der Waals surface area contributed by atoms with Crippen LogP contribution in [0.25, 0.3) is 0 Å². The van der Waals surface area contributed by atoms with E-state index in [4.69, 9.17) is 28.4 Å². The van der Waals surface area contributed by atoms with Crippen LogP contribution in [0.2, 0.25) is 0 Å². The first-order chi connectivity index (χ1) is 32.7. The average Bonchev–Trinajstić information content (AvgIpc) is 3.33. The summed E-state index contributed by atoms with van der Waals surface area (Å²) < 4.78 is 36.9. The molecule has 0 aromatic heterocycles. The molecule has 2 amide bonds. The minimum atomic E-state index is -2.52. The van der Waals surface area contributed by atoms with E-state index in [1.807, 2.05) is 65.0 Å². The number of methoxy groups -OCH3 is 3. The molecule has 3 fully saturated rings. The van der Waals surface area contributed by atoms with Gasteiger partial charge in [-0.15, -0.1) is 0 Å². The first-order valence-electron chi connectivity index (χ1n) is 25.4. The lowest BCUT2D eigenvalue weighted by molar-refractivity contribution is -0.302. The number of carbonyl (C=O) groups is 5. The number of benzene rings is 1. The Labute approximate surface area is 410 Å². The molecule has 69 heavy (non-hydrogen) atoms. The normalized spacial score (nSPS) is 35.2. The number of piperidine rings is 1. The smallest absolute Gasteiger partial charge is 0.329 e. The molecular weight excluding hydrogens is 885 g/mol. The summed E-state index contributed by atoms with van der Waals surface area (Å²) >= 11 is 0. The van der Waals surface area contributed by atoms with E-state index < -0.39 is 77.8 Å². The maximum atomic E-state index is 14.6. The van der Waals surface area contributed by atoms with E-state index in [0.717, 1.165) is 17.6 Å². The van der Waals surface area contributed by atoms with Crippen LogP contribution in [-0.2, 0) is 59.0 Å². The van der Waals surface area contributed by atoms with Gasteiger partial charge < -0.3 is 48.9 Å². The molecule has 15 heteroatoms. The Hall–Kier alpha value is -3.83. The van der Waals surface area contributed by atoms with E-state index >= 15 is 0 Å². The molecule has 15 nitrogen and oxygen atoms in total. The maximum absolute atomic E-state index is 14.6. The van der Waals surface area contributed by atoms with Crippen LogP contribution >= 0.6 is 0 Å². The van der Waals surface area contributed by atoms with Crippen LogP contribution in [0.15, 0.2) is 47.6 Å². The van der Waals surface area contributed by atoms with Crippen LogP contribution in [0.1, 0.15) is 132 Å². The quantitative estimate of drug-likeness (QED) is 0.114. The van der Waals surface area contributed by atoms with Gasteiger partial charge in [0.2, 0.25) is 11.7 Å². The highest BCUT2D eigenvalue weighted by Gasteiger charge is 2.56. The Bertz CT molecular complexity index is 1990. The SMILES string of the molecule is CCC1C=C(C)CC(C)CC(OC)C2OC(O)(C(=O)C(=O)N3CCCCC3C(=O)OC(C(C)=CC3CCC(OCc4cccc(NC(=O)C(C)C)c4)C(OC)C3)C(C)C(O)CC1=O)C(C)CC2OC. The highest BCUT2D eigenvalue weighted by atomic mass is 16.7. The van der Waals surface area contributed by atoms with Crippen molar-refractivity contribution < 1.29 is 62.6 Å². The Morgan fingerprint density at radius 1 is 0.942 bits per heavy atom. The predicted molar refractivity (Wildman–Crippen MR) is 261 cm³/mol. The van der Waals surface area contributed by atoms with Gasteiger partial charge in [0.15, 0.2) is 0 Å². The summed E-state index contributed by atoms with van der Waals surface area (Å²) in [5.41, 5.74) is 3.28. The number of hydrogen-bond acceptors (Lipinski definition) is 13. The molecule has 3 N–H and O–H groups in total. The van der Waals surface area contributed by atoms with E-state index in [1.165, 1.54) is 19.1 Å². The number of nitrogens with one attached hydrogen (secondary N) is 1. The second kappa shape index (κ2) is 25.5. The zero-order valence-electron chi connectivity index (χ0n) is 43.1. The monoisotopic (exact) mass is 967 g/mol. The number of ketones is 2. The van der Waals surface area contributed by atoms with Crippen LogP contribution in [0.4, 0.5) is 5.69 Å². The van der Waals surface area contributed by atoms with Crippen LogP contribution < -0.4 is 5.32 Å². The number of esters is 1. The highest BCUT2D eigenvalue weighted by Crippen LogP contribution is 2.39. The van der Waals surface area contributed by atoms with Crippen molar-refractivity contribution in [2.24, 2.45) is 35.5 Å². The molecule has 1 aromatic rings. The fourth-order valence-corrected chi connectivity index (χ4v) is 10.8. The minimum Gasteiger partial charge on any atom is -0.456 e. The molecule has 5 rings (SSSR count).